The van der Waals surface area contributed by atoms with Gasteiger partial charge in [-0.25, -0.2) is 0 Å². The van der Waals surface area contributed by atoms with Gasteiger partial charge in [-0.05, 0) is 24.5 Å². The van der Waals surface area contributed by atoms with E-state index in [1.807, 2.05) is 0 Å². The van der Waals surface area contributed by atoms with Gasteiger partial charge in [-0.15, -0.1) is 0 Å². The van der Waals surface area contributed by atoms with E-state index in [2.05, 4.69) is 5.32 Å². The first kappa shape index (κ1) is 17.2. The van der Waals surface area contributed by atoms with E-state index in [1.165, 1.54) is 19.2 Å². The molecule has 1 fully saturated rings. The minimum Gasteiger partial charge on any atom is -0.490 e. The van der Waals surface area contributed by atoms with Crippen molar-refractivity contribution in [2.45, 2.75) is 19.4 Å². The molecule has 0 spiro atoms. The molecule has 1 aromatic rings. The molecule has 1 aliphatic rings. The van der Waals surface area contributed by atoms with Crippen LogP contribution in [0.2, 0.25) is 0 Å². The molecule has 0 atom stereocenters. The van der Waals surface area contributed by atoms with Gasteiger partial charge in [-0.3, -0.25) is 14.9 Å². The van der Waals surface area contributed by atoms with Crippen LogP contribution in [0.5, 0.6) is 5.75 Å². The minimum atomic E-state index is -0.614. The van der Waals surface area contributed by atoms with Crippen LogP contribution in [-0.4, -0.2) is 37.7 Å². The summed E-state index contributed by atoms with van der Waals surface area (Å²) in [5, 5.41) is 13.8. The summed E-state index contributed by atoms with van der Waals surface area (Å²) in [4.78, 5) is 23.0. The number of nitro groups is 1. The summed E-state index contributed by atoms with van der Waals surface area (Å²) in [7, 11) is 1.37. The summed E-state index contributed by atoms with van der Waals surface area (Å²) in [5.74, 6) is 0.0507. The lowest BCUT2D eigenvalue weighted by Gasteiger charge is -2.34. The second-order valence-corrected chi connectivity index (χ2v) is 5.54. The molecule has 0 unspecified atom stereocenters. The van der Waals surface area contributed by atoms with Crippen molar-refractivity contribution in [2.75, 3.05) is 26.9 Å². The van der Waals surface area contributed by atoms with Crippen molar-refractivity contribution in [2.24, 2.45) is 11.1 Å². The fourth-order valence-electron chi connectivity index (χ4n) is 2.64. The Balaban J connectivity index is 2.06. The molecule has 23 heavy (non-hydrogen) atoms. The van der Waals surface area contributed by atoms with Crippen LogP contribution >= 0.6 is 0 Å². The number of nitrogens with zero attached hydrogens (tertiary/aromatic N) is 1. The number of rotatable bonds is 6. The number of benzene rings is 1. The number of nitro benzene ring substituents is 1. The lowest BCUT2D eigenvalue weighted by molar-refractivity contribution is -0.385. The predicted molar refractivity (Wildman–Crippen MR) is 83.0 cm³/mol. The fraction of sp³-hybridized carbons (Fsp3) is 0.533. The molecule has 8 heteroatoms. The van der Waals surface area contributed by atoms with E-state index in [0.29, 0.717) is 31.6 Å². The third-order valence-electron chi connectivity index (χ3n) is 4.22. The molecule has 0 bridgehead atoms. The van der Waals surface area contributed by atoms with Gasteiger partial charge in [0.25, 0.3) is 0 Å². The molecular weight excluding hydrogens is 302 g/mol. The molecule has 0 saturated carbocycles. The highest BCUT2D eigenvalue weighted by molar-refractivity contribution is 5.83. The summed E-state index contributed by atoms with van der Waals surface area (Å²) in [6.45, 7) is 1.48. The molecule has 1 amide bonds. The Kier molecular flexibility index (Phi) is 5.51. The SMILES string of the molecule is COc1ccc(CNC(=O)C2(CN)CCOCC2)cc1[N+](=O)[O-]. The highest BCUT2D eigenvalue weighted by atomic mass is 16.6. The molecule has 1 aromatic carbocycles. The summed E-state index contributed by atoms with van der Waals surface area (Å²) >= 11 is 0. The van der Waals surface area contributed by atoms with Crippen molar-refractivity contribution in [3.05, 3.63) is 33.9 Å². The lowest BCUT2D eigenvalue weighted by Crippen LogP contribution is -2.48. The van der Waals surface area contributed by atoms with E-state index < -0.39 is 10.3 Å². The van der Waals surface area contributed by atoms with Gasteiger partial charge in [0.05, 0.1) is 17.4 Å². The number of hydrogen-bond donors (Lipinski definition) is 2. The Hall–Kier alpha value is -2.19. The van der Waals surface area contributed by atoms with Gasteiger partial charge >= 0.3 is 5.69 Å². The van der Waals surface area contributed by atoms with Gasteiger partial charge in [0.15, 0.2) is 5.75 Å². The zero-order chi connectivity index (χ0) is 16.9. The van der Waals surface area contributed by atoms with Gasteiger partial charge < -0.3 is 20.5 Å². The van der Waals surface area contributed by atoms with Crippen LogP contribution in [0.1, 0.15) is 18.4 Å². The Morgan fingerprint density at radius 1 is 1.48 bits per heavy atom. The minimum absolute atomic E-state index is 0.126. The van der Waals surface area contributed by atoms with Crippen molar-refractivity contribution >= 4 is 11.6 Å². The molecule has 8 nitrogen and oxygen atoms in total. The predicted octanol–water partition coefficient (Wildman–Crippen LogP) is 0.975. The standard InChI is InChI=1S/C15H21N3O5/c1-22-13-3-2-11(8-12(13)18(20)21)9-17-14(19)15(10-16)4-6-23-7-5-15/h2-3,8H,4-7,9-10,16H2,1H3,(H,17,19). The number of amides is 1. The Bertz CT molecular complexity index is 584. The maximum atomic E-state index is 12.5. The number of methoxy groups -OCH3 is 1. The molecule has 126 valence electrons. The normalized spacial score (nSPS) is 16.6. The van der Waals surface area contributed by atoms with Crippen molar-refractivity contribution in [1.29, 1.82) is 0 Å². The molecule has 0 aliphatic carbocycles. The van der Waals surface area contributed by atoms with Crippen LogP contribution in [0.4, 0.5) is 5.69 Å². The number of carbonyl (C=O) groups is 1. The van der Waals surface area contributed by atoms with Crippen molar-refractivity contribution < 1.29 is 19.2 Å². The zero-order valence-corrected chi connectivity index (χ0v) is 13.0. The third kappa shape index (κ3) is 3.77. The highest BCUT2D eigenvalue weighted by Gasteiger charge is 2.38. The highest BCUT2D eigenvalue weighted by Crippen LogP contribution is 2.30. The Labute approximate surface area is 134 Å². The van der Waals surface area contributed by atoms with E-state index in [-0.39, 0.29) is 30.4 Å². The van der Waals surface area contributed by atoms with Crippen LogP contribution < -0.4 is 15.8 Å². The van der Waals surface area contributed by atoms with Gasteiger partial charge in [0, 0.05) is 32.4 Å². The van der Waals surface area contributed by atoms with E-state index in [0.717, 1.165) is 0 Å². The number of ether oxygens (including phenoxy) is 2. The first-order valence-corrected chi connectivity index (χ1v) is 7.40. The van der Waals surface area contributed by atoms with Crippen LogP contribution in [-0.2, 0) is 16.1 Å². The van der Waals surface area contributed by atoms with Crippen molar-refractivity contribution in [3.8, 4) is 5.75 Å². The Morgan fingerprint density at radius 2 is 2.17 bits per heavy atom. The molecule has 0 aromatic heterocycles. The average Bonchev–Trinajstić information content (AvgIpc) is 2.59. The molecular formula is C15H21N3O5. The van der Waals surface area contributed by atoms with Crippen LogP contribution in [0.3, 0.4) is 0 Å². The summed E-state index contributed by atoms with van der Waals surface area (Å²) in [6.07, 6.45) is 1.16. The van der Waals surface area contributed by atoms with E-state index >= 15 is 0 Å². The van der Waals surface area contributed by atoms with Crippen molar-refractivity contribution in [1.82, 2.24) is 5.32 Å². The quantitative estimate of drug-likeness (QED) is 0.595. The summed E-state index contributed by atoms with van der Waals surface area (Å²) in [6, 6.07) is 4.61. The first-order valence-electron chi connectivity index (χ1n) is 7.40. The number of hydrogen-bond acceptors (Lipinski definition) is 6. The van der Waals surface area contributed by atoms with Crippen LogP contribution in [0.25, 0.3) is 0 Å². The topological polar surface area (TPSA) is 117 Å². The maximum Gasteiger partial charge on any atom is 0.311 e. The van der Waals surface area contributed by atoms with E-state index in [1.54, 1.807) is 6.07 Å². The molecule has 3 N–H and O–H groups in total. The molecule has 1 heterocycles. The number of nitrogens with one attached hydrogen (secondary N) is 1. The third-order valence-corrected chi connectivity index (χ3v) is 4.22. The molecule has 1 aliphatic heterocycles. The first-order chi connectivity index (χ1) is 11.0. The van der Waals surface area contributed by atoms with Gasteiger partial charge in [0.2, 0.25) is 5.91 Å². The smallest absolute Gasteiger partial charge is 0.311 e. The van der Waals surface area contributed by atoms with Crippen LogP contribution in [0, 0.1) is 15.5 Å². The summed E-state index contributed by atoms with van der Waals surface area (Å²) < 4.78 is 10.2. The molecule has 0 radical (unpaired) electrons. The fourth-order valence-corrected chi connectivity index (χ4v) is 2.64. The van der Waals surface area contributed by atoms with Crippen molar-refractivity contribution in [3.63, 3.8) is 0 Å². The lowest BCUT2D eigenvalue weighted by atomic mass is 9.79. The Morgan fingerprint density at radius 3 is 2.74 bits per heavy atom. The zero-order valence-electron chi connectivity index (χ0n) is 13.0. The number of nitrogens with two attached hydrogens (primary N) is 1. The monoisotopic (exact) mass is 323 g/mol. The molecule has 1 saturated heterocycles. The van der Waals surface area contributed by atoms with E-state index in [4.69, 9.17) is 15.2 Å². The average molecular weight is 323 g/mol. The second-order valence-electron chi connectivity index (χ2n) is 5.54. The van der Waals surface area contributed by atoms with E-state index in [9.17, 15) is 14.9 Å². The van der Waals surface area contributed by atoms with Crippen LogP contribution in [0.15, 0.2) is 18.2 Å². The number of carbonyl (C=O) groups excluding carboxylic acids is 1. The van der Waals surface area contributed by atoms with Gasteiger partial charge in [-0.2, -0.15) is 0 Å². The van der Waals surface area contributed by atoms with Gasteiger partial charge in [-0.1, -0.05) is 6.07 Å². The maximum absolute atomic E-state index is 12.5. The summed E-state index contributed by atoms with van der Waals surface area (Å²) in [5.41, 5.74) is 5.68. The largest absolute Gasteiger partial charge is 0.490 e. The second kappa shape index (κ2) is 7.38. The molecule has 2 rings (SSSR count). The van der Waals surface area contributed by atoms with Gasteiger partial charge in [0.1, 0.15) is 0 Å².